The SMILES string of the molecule is O=C(Cc1ccc(S(=O)(=O)N2CCCCC2)cc1)Nc1cccc(-c2noc(=O)[nH]2)c1. The highest BCUT2D eigenvalue weighted by Gasteiger charge is 2.25. The van der Waals surface area contributed by atoms with Crippen LogP contribution in [-0.2, 0) is 21.2 Å². The number of carbonyl (C=O) groups excluding carboxylic acids is 1. The van der Waals surface area contributed by atoms with Crippen LogP contribution in [0.5, 0.6) is 0 Å². The Hall–Kier alpha value is -3.24. The maximum Gasteiger partial charge on any atom is 0.439 e. The molecule has 2 heterocycles. The molecule has 0 aliphatic carbocycles. The molecule has 2 aromatic carbocycles. The quantitative estimate of drug-likeness (QED) is 0.604. The Morgan fingerprint density at radius 3 is 2.52 bits per heavy atom. The minimum absolute atomic E-state index is 0.0923. The molecule has 0 saturated carbocycles. The largest absolute Gasteiger partial charge is 0.439 e. The number of hydrogen-bond acceptors (Lipinski definition) is 6. The highest BCUT2D eigenvalue weighted by molar-refractivity contribution is 7.89. The third-order valence-corrected chi connectivity index (χ3v) is 7.01. The Bertz CT molecular complexity index is 1220. The van der Waals surface area contributed by atoms with Gasteiger partial charge >= 0.3 is 5.76 Å². The zero-order valence-corrected chi connectivity index (χ0v) is 17.5. The van der Waals surface area contributed by atoms with Crippen molar-refractivity contribution in [2.45, 2.75) is 30.6 Å². The maximum absolute atomic E-state index is 12.7. The van der Waals surface area contributed by atoms with E-state index in [9.17, 15) is 18.0 Å². The normalized spacial score (nSPS) is 15.0. The molecule has 1 saturated heterocycles. The van der Waals surface area contributed by atoms with E-state index in [-0.39, 0.29) is 23.0 Å². The summed E-state index contributed by atoms with van der Waals surface area (Å²) in [5.74, 6) is -0.640. The molecule has 1 aliphatic rings. The summed E-state index contributed by atoms with van der Waals surface area (Å²) in [6, 6.07) is 13.2. The fourth-order valence-corrected chi connectivity index (χ4v) is 5.04. The van der Waals surface area contributed by atoms with Crippen LogP contribution in [0.2, 0.25) is 0 Å². The molecule has 0 spiro atoms. The van der Waals surface area contributed by atoms with E-state index in [4.69, 9.17) is 0 Å². The zero-order chi connectivity index (χ0) is 21.8. The summed E-state index contributed by atoms with van der Waals surface area (Å²) in [7, 11) is -3.49. The molecule has 4 rings (SSSR count). The summed E-state index contributed by atoms with van der Waals surface area (Å²) in [6.07, 6.45) is 2.91. The number of aromatic nitrogens is 2. The fourth-order valence-electron chi connectivity index (χ4n) is 3.52. The number of aromatic amines is 1. The molecule has 0 unspecified atom stereocenters. The molecule has 31 heavy (non-hydrogen) atoms. The lowest BCUT2D eigenvalue weighted by atomic mass is 10.1. The van der Waals surface area contributed by atoms with Gasteiger partial charge in [0.25, 0.3) is 0 Å². The van der Waals surface area contributed by atoms with Crippen LogP contribution in [0, 0.1) is 0 Å². The zero-order valence-electron chi connectivity index (χ0n) is 16.7. The van der Waals surface area contributed by atoms with Crippen LogP contribution in [0.15, 0.2) is 62.7 Å². The molecule has 3 aromatic rings. The van der Waals surface area contributed by atoms with Gasteiger partial charge in [0, 0.05) is 24.3 Å². The molecule has 0 atom stereocenters. The van der Waals surface area contributed by atoms with E-state index in [2.05, 4.69) is 20.0 Å². The number of sulfonamides is 1. The minimum atomic E-state index is -3.49. The molecular weight excluding hydrogens is 420 g/mol. The van der Waals surface area contributed by atoms with Gasteiger partial charge in [-0.05, 0) is 42.7 Å². The van der Waals surface area contributed by atoms with Crippen LogP contribution >= 0.6 is 0 Å². The van der Waals surface area contributed by atoms with E-state index < -0.39 is 15.8 Å². The van der Waals surface area contributed by atoms with Crippen molar-refractivity contribution in [2.75, 3.05) is 18.4 Å². The summed E-state index contributed by atoms with van der Waals surface area (Å²) in [5.41, 5.74) is 1.83. The standard InChI is InChI=1S/C21H22N4O5S/c26-19(22-17-6-4-5-16(14-17)20-23-21(27)30-24-20)13-15-7-9-18(10-8-15)31(28,29)25-11-2-1-3-12-25/h4-10,14H,1-3,11-13H2,(H,22,26)(H,23,24,27). The molecular formula is C21H22N4O5S. The number of benzene rings is 2. The molecule has 1 fully saturated rings. The van der Waals surface area contributed by atoms with Crippen molar-refractivity contribution in [3.8, 4) is 11.4 Å². The number of rotatable bonds is 6. The summed E-state index contributed by atoms with van der Waals surface area (Å²) < 4.78 is 31.5. The molecule has 9 nitrogen and oxygen atoms in total. The van der Waals surface area contributed by atoms with Gasteiger partial charge in [0.2, 0.25) is 15.9 Å². The third-order valence-electron chi connectivity index (χ3n) is 5.10. The first kappa shape index (κ1) is 21.0. The predicted octanol–water partition coefficient (Wildman–Crippen LogP) is 2.39. The highest BCUT2D eigenvalue weighted by Crippen LogP contribution is 2.22. The van der Waals surface area contributed by atoms with Gasteiger partial charge in [-0.1, -0.05) is 35.8 Å². The Balaban J connectivity index is 1.41. The third kappa shape index (κ3) is 4.92. The molecule has 1 aromatic heterocycles. The number of carbonyl (C=O) groups is 1. The summed E-state index contributed by atoms with van der Waals surface area (Å²) in [6.45, 7) is 1.10. The van der Waals surface area contributed by atoms with Crippen LogP contribution in [0.1, 0.15) is 24.8 Å². The first-order valence-electron chi connectivity index (χ1n) is 9.97. The van der Waals surface area contributed by atoms with Crippen molar-refractivity contribution >= 4 is 21.6 Å². The lowest BCUT2D eigenvalue weighted by molar-refractivity contribution is -0.115. The van der Waals surface area contributed by atoms with E-state index in [1.807, 2.05) is 0 Å². The number of amides is 1. The van der Waals surface area contributed by atoms with E-state index in [0.717, 1.165) is 19.3 Å². The first-order valence-corrected chi connectivity index (χ1v) is 11.4. The smallest absolute Gasteiger partial charge is 0.326 e. The lowest BCUT2D eigenvalue weighted by Gasteiger charge is -2.25. The molecule has 2 N–H and O–H groups in total. The minimum Gasteiger partial charge on any atom is -0.326 e. The predicted molar refractivity (Wildman–Crippen MR) is 114 cm³/mol. The molecule has 10 heteroatoms. The van der Waals surface area contributed by atoms with Crippen LogP contribution in [-0.4, -0.2) is 41.9 Å². The molecule has 1 aliphatic heterocycles. The summed E-state index contributed by atoms with van der Waals surface area (Å²) in [4.78, 5) is 26.2. The summed E-state index contributed by atoms with van der Waals surface area (Å²) >= 11 is 0. The second-order valence-corrected chi connectivity index (χ2v) is 9.30. The van der Waals surface area contributed by atoms with Gasteiger partial charge in [0.05, 0.1) is 11.3 Å². The second-order valence-electron chi connectivity index (χ2n) is 7.36. The Kier molecular flexibility index (Phi) is 6.01. The molecule has 0 radical (unpaired) electrons. The Morgan fingerprint density at radius 1 is 1.10 bits per heavy atom. The highest BCUT2D eigenvalue weighted by atomic mass is 32.2. The lowest BCUT2D eigenvalue weighted by Crippen LogP contribution is -2.35. The van der Waals surface area contributed by atoms with Gasteiger partial charge < -0.3 is 5.32 Å². The van der Waals surface area contributed by atoms with E-state index >= 15 is 0 Å². The monoisotopic (exact) mass is 442 g/mol. The first-order chi connectivity index (χ1) is 14.9. The number of hydrogen-bond donors (Lipinski definition) is 2. The average Bonchev–Trinajstić information content (AvgIpc) is 3.21. The molecule has 1 amide bonds. The fraction of sp³-hybridized carbons (Fsp3) is 0.286. The van der Waals surface area contributed by atoms with Crippen molar-refractivity contribution in [1.29, 1.82) is 0 Å². The van der Waals surface area contributed by atoms with Crippen LogP contribution in [0.3, 0.4) is 0 Å². The number of H-pyrrole nitrogens is 1. The van der Waals surface area contributed by atoms with Crippen molar-refractivity contribution in [3.05, 3.63) is 64.6 Å². The van der Waals surface area contributed by atoms with Crippen molar-refractivity contribution in [2.24, 2.45) is 0 Å². The number of piperidine rings is 1. The topological polar surface area (TPSA) is 125 Å². The van der Waals surface area contributed by atoms with Gasteiger partial charge in [0.1, 0.15) is 0 Å². The molecule has 0 bridgehead atoms. The number of anilines is 1. The van der Waals surface area contributed by atoms with Crippen molar-refractivity contribution < 1.29 is 17.7 Å². The van der Waals surface area contributed by atoms with Gasteiger partial charge in [-0.15, -0.1) is 0 Å². The van der Waals surface area contributed by atoms with Crippen LogP contribution in [0.4, 0.5) is 5.69 Å². The number of nitrogens with one attached hydrogen (secondary N) is 2. The van der Waals surface area contributed by atoms with Crippen LogP contribution < -0.4 is 11.1 Å². The van der Waals surface area contributed by atoms with Gasteiger partial charge in [-0.25, -0.2) is 13.2 Å². The van der Waals surface area contributed by atoms with E-state index in [0.29, 0.717) is 29.9 Å². The van der Waals surface area contributed by atoms with E-state index in [1.54, 1.807) is 48.5 Å². The van der Waals surface area contributed by atoms with Gasteiger partial charge in [-0.3, -0.25) is 14.3 Å². The molecule has 162 valence electrons. The van der Waals surface area contributed by atoms with Crippen molar-refractivity contribution in [1.82, 2.24) is 14.4 Å². The Morgan fingerprint density at radius 2 is 1.84 bits per heavy atom. The maximum atomic E-state index is 12.7. The van der Waals surface area contributed by atoms with Crippen molar-refractivity contribution in [3.63, 3.8) is 0 Å². The van der Waals surface area contributed by atoms with Crippen LogP contribution in [0.25, 0.3) is 11.4 Å². The Labute approximate surface area is 179 Å². The van der Waals surface area contributed by atoms with E-state index in [1.165, 1.54) is 4.31 Å². The van der Waals surface area contributed by atoms with Gasteiger partial charge in [0.15, 0.2) is 5.82 Å². The number of nitrogens with zero attached hydrogens (tertiary/aromatic N) is 2. The summed E-state index contributed by atoms with van der Waals surface area (Å²) in [5, 5.41) is 6.42. The average molecular weight is 442 g/mol. The van der Waals surface area contributed by atoms with Gasteiger partial charge in [-0.2, -0.15) is 4.31 Å². The second kappa shape index (κ2) is 8.86.